The van der Waals surface area contributed by atoms with E-state index >= 15 is 0 Å². The van der Waals surface area contributed by atoms with Gasteiger partial charge in [0.25, 0.3) is 0 Å². The monoisotopic (exact) mass is 245 g/mol. The number of ether oxygens (including phenoxy) is 2. The SMILES string of the molecule is CCCNC(COCCOCC(C)C)C(C)C. The number of hydrogen-bond donors (Lipinski definition) is 1. The zero-order chi connectivity index (χ0) is 13.1. The van der Waals surface area contributed by atoms with Crippen LogP contribution in [0, 0.1) is 11.8 Å². The van der Waals surface area contributed by atoms with Crippen LogP contribution in [0.1, 0.15) is 41.0 Å². The summed E-state index contributed by atoms with van der Waals surface area (Å²) in [4.78, 5) is 0. The Labute approximate surface area is 107 Å². The van der Waals surface area contributed by atoms with Gasteiger partial charge in [-0.3, -0.25) is 0 Å². The van der Waals surface area contributed by atoms with Crippen molar-refractivity contribution in [1.82, 2.24) is 5.32 Å². The highest BCUT2D eigenvalue weighted by Crippen LogP contribution is 2.02. The lowest BCUT2D eigenvalue weighted by molar-refractivity contribution is 0.0261. The second kappa shape index (κ2) is 11.0. The molecule has 0 aromatic rings. The zero-order valence-electron chi connectivity index (χ0n) is 12.3. The Kier molecular flexibility index (Phi) is 10.9. The summed E-state index contributed by atoms with van der Waals surface area (Å²) in [6.45, 7) is 15.0. The van der Waals surface area contributed by atoms with Gasteiger partial charge in [0.15, 0.2) is 0 Å². The van der Waals surface area contributed by atoms with Crippen LogP contribution < -0.4 is 5.32 Å². The molecular formula is C14H31NO2. The van der Waals surface area contributed by atoms with Crippen LogP contribution in [-0.2, 0) is 9.47 Å². The fraction of sp³-hybridized carbons (Fsp3) is 1.00. The predicted octanol–water partition coefficient (Wildman–Crippen LogP) is 2.70. The van der Waals surface area contributed by atoms with Crippen molar-refractivity contribution in [3.8, 4) is 0 Å². The average molecular weight is 245 g/mol. The van der Waals surface area contributed by atoms with E-state index in [-0.39, 0.29) is 0 Å². The average Bonchev–Trinajstić information content (AvgIpc) is 2.26. The number of hydrogen-bond acceptors (Lipinski definition) is 3. The summed E-state index contributed by atoms with van der Waals surface area (Å²) in [6.07, 6.45) is 1.17. The van der Waals surface area contributed by atoms with E-state index in [0.29, 0.717) is 31.1 Å². The van der Waals surface area contributed by atoms with Crippen LogP contribution in [0.5, 0.6) is 0 Å². The van der Waals surface area contributed by atoms with Crippen LogP contribution in [0.25, 0.3) is 0 Å². The third-order valence-electron chi connectivity index (χ3n) is 2.58. The third-order valence-corrected chi connectivity index (χ3v) is 2.58. The van der Waals surface area contributed by atoms with Crippen molar-refractivity contribution >= 4 is 0 Å². The fourth-order valence-corrected chi connectivity index (χ4v) is 1.46. The van der Waals surface area contributed by atoms with E-state index in [1.165, 1.54) is 6.42 Å². The molecule has 104 valence electrons. The molecule has 0 aliphatic heterocycles. The first-order valence-electron chi connectivity index (χ1n) is 6.96. The maximum atomic E-state index is 5.65. The normalized spacial score (nSPS) is 13.6. The molecule has 1 unspecified atom stereocenters. The molecule has 3 nitrogen and oxygen atoms in total. The maximum Gasteiger partial charge on any atom is 0.0701 e. The molecular weight excluding hydrogens is 214 g/mol. The van der Waals surface area contributed by atoms with Gasteiger partial charge < -0.3 is 14.8 Å². The largest absolute Gasteiger partial charge is 0.379 e. The zero-order valence-corrected chi connectivity index (χ0v) is 12.3. The molecule has 0 saturated carbocycles. The van der Waals surface area contributed by atoms with Gasteiger partial charge in [-0.15, -0.1) is 0 Å². The van der Waals surface area contributed by atoms with Crippen LogP contribution in [-0.4, -0.2) is 39.0 Å². The Morgan fingerprint density at radius 1 is 0.941 bits per heavy atom. The minimum absolute atomic E-state index is 0.458. The molecule has 0 aliphatic rings. The molecule has 1 atom stereocenters. The van der Waals surface area contributed by atoms with Crippen molar-refractivity contribution in [3.63, 3.8) is 0 Å². The van der Waals surface area contributed by atoms with Crippen LogP contribution in [0.4, 0.5) is 0 Å². The summed E-state index contributed by atoms with van der Waals surface area (Å²) in [6, 6.07) is 0.458. The molecule has 0 fully saturated rings. The lowest BCUT2D eigenvalue weighted by atomic mass is 10.1. The van der Waals surface area contributed by atoms with Crippen molar-refractivity contribution < 1.29 is 9.47 Å². The lowest BCUT2D eigenvalue weighted by Crippen LogP contribution is -2.38. The molecule has 0 radical (unpaired) electrons. The highest BCUT2D eigenvalue weighted by Gasteiger charge is 2.11. The minimum atomic E-state index is 0.458. The van der Waals surface area contributed by atoms with Crippen LogP contribution in [0.2, 0.25) is 0 Å². The highest BCUT2D eigenvalue weighted by molar-refractivity contribution is 4.69. The molecule has 0 bridgehead atoms. The second-order valence-electron chi connectivity index (χ2n) is 5.35. The molecule has 0 amide bonds. The van der Waals surface area contributed by atoms with Gasteiger partial charge in [-0.1, -0.05) is 34.6 Å². The molecule has 3 heteroatoms. The van der Waals surface area contributed by atoms with Gasteiger partial charge in [0.05, 0.1) is 19.8 Å². The molecule has 1 N–H and O–H groups in total. The van der Waals surface area contributed by atoms with E-state index in [0.717, 1.165) is 19.8 Å². The smallest absolute Gasteiger partial charge is 0.0701 e. The maximum absolute atomic E-state index is 5.65. The summed E-state index contributed by atoms with van der Waals surface area (Å²) in [5, 5.41) is 3.51. The lowest BCUT2D eigenvalue weighted by Gasteiger charge is -2.22. The Bertz CT molecular complexity index is 160. The van der Waals surface area contributed by atoms with Gasteiger partial charge in [-0.25, -0.2) is 0 Å². The predicted molar refractivity (Wildman–Crippen MR) is 73.4 cm³/mol. The van der Waals surface area contributed by atoms with Crippen LogP contribution >= 0.6 is 0 Å². The molecule has 0 aromatic carbocycles. The van der Waals surface area contributed by atoms with Gasteiger partial charge in [0.1, 0.15) is 0 Å². The first kappa shape index (κ1) is 16.9. The molecule has 0 aliphatic carbocycles. The van der Waals surface area contributed by atoms with Gasteiger partial charge in [0, 0.05) is 12.6 Å². The van der Waals surface area contributed by atoms with Gasteiger partial charge in [-0.05, 0) is 24.8 Å². The fourth-order valence-electron chi connectivity index (χ4n) is 1.46. The summed E-state index contributed by atoms with van der Waals surface area (Å²) < 4.78 is 11.1. The van der Waals surface area contributed by atoms with E-state index in [2.05, 4.69) is 39.9 Å². The van der Waals surface area contributed by atoms with E-state index in [9.17, 15) is 0 Å². The number of nitrogens with one attached hydrogen (secondary N) is 1. The van der Waals surface area contributed by atoms with Crippen LogP contribution in [0.3, 0.4) is 0 Å². The number of rotatable bonds is 11. The Morgan fingerprint density at radius 3 is 2.00 bits per heavy atom. The van der Waals surface area contributed by atoms with Crippen molar-refractivity contribution in [2.75, 3.05) is 33.0 Å². The van der Waals surface area contributed by atoms with Crippen molar-refractivity contribution in [2.24, 2.45) is 11.8 Å². The first-order chi connectivity index (χ1) is 8.07. The van der Waals surface area contributed by atoms with E-state index < -0.39 is 0 Å². The highest BCUT2D eigenvalue weighted by atomic mass is 16.5. The minimum Gasteiger partial charge on any atom is -0.379 e. The van der Waals surface area contributed by atoms with Gasteiger partial charge in [-0.2, -0.15) is 0 Å². The summed E-state index contributed by atoms with van der Waals surface area (Å²) >= 11 is 0. The molecule has 0 rings (SSSR count). The second-order valence-corrected chi connectivity index (χ2v) is 5.35. The summed E-state index contributed by atoms with van der Waals surface area (Å²) in [5.74, 6) is 1.21. The molecule has 0 heterocycles. The van der Waals surface area contributed by atoms with E-state index in [1.807, 2.05) is 0 Å². The third kappa shape index (κ3) is 10.7. The molecule has 0 spiro atoms. The summed E-state index contributed by atoms with van der Waals surface area (Å²) in [5.41, 5.74) is 0. The Hall–Kier alpha value is -0.120. The van der Waals surface area contributed by atoms with E-state index in [1.54, 1.807) is 0 Å². The topological polar surface area (TPSA) is 30.5 Å². The first-order valence-corrected chi connectivity index (χ1v) is 6.96. The molecule has 0 saturated heterocycles. The molecule has 17 heavy (non-hydrogen) atoms. The van der Waals surface area contributed by atoms with E-state index in [4.69, 9.17) is 9.47 Å². The molecule has 0 aromatic heterocycles. The Morgan fingerprint density at radius 2 is 1.53 bits per heavy atom. The van der Waals surface area contributed by atoms with Crippen molar-refractivity contribution in [1.29, 1.82) is 0 Å². The standard InChI is InChI=1S/C14H31NO2/c1-6-7-15-14(13(4)5)11-17-9-8-16-10-12(2)3/h12-15H,6-11H2,1-5H3. The Balaban J connectivity index is 3.47. The van der Waals surface area contributed by atoms with Crippen molar-refractivity contribution in [2.45, 2.75) is 47.1 Å². The quantitative estimate of drug-likeness (QED) is 0.568. The summed E-state index contributed by atoms with van der Waals surface area (Å²) in [7, 11) is 0. The van der Waals surface area contributed by atoms with Crippen molar-refractivity contribution in [3.05, 3.63) is 0 Å². The van der Waals surface area contributed by atoms with Crippen LogP contribution in [0.15, 0.2) is 0 Å². The van der Waals surface area contributed by atoms with Gasteiger partial charge >= 0.3 is 0 Å². The van der Waals surface area contributed by atoms with Gasteiger partial charge in [0.2, 0.25) is 0 Å².